The predicted molar refractivity (Wildman–Crippen MR) is 75.0 cm³/mol. The SMILES string of the molecule is C[C@H]1CCCC[C@@H]1NC(=O)Nc1ccc(Cl)cc1. The number of benzene rings is 1. The summed E-state index contributed by atoms with van der Waals surface area (Å²) >= 11 is 5.79. The lowest BCUT2D eigenvalue weighted by Gasteiger charge is -2.29. The van der Waals surface area contributed by atoms with Crippen LogP contribution in [0.1, 0.15) is 32.6 Å². The average molecular weight is 267 g/mol. The van der Waals surface area contributed by atoms with Crippen molar-refractivity contribution in [2.75, 3.05) is 5.32 Å². The Labute approximate surface area is 113 Å². The highest BCUT2D eigenvalue weighted by Gasteiger charge is 2.22. The van der Waals surface area contributed by atoms with Crippen molar-refractivity contribution in [1.82, 2.24) is 5.32 Å². The summed E-state index contributed by atoms with van der Waals surface area (Å²) in [6.45, 7) is 2.20. The lowest BCUT2D eigenvalue weighted by molar-refractivity contribution is 0.232. The maximum absolute atomic E-state index is 11.9. The van der Waals surface area contributed by atoms with Gasteiger partial charge in [-0.1, -0.05) is 31.4 Å². The van der Waals surface area contributed by atoms with Crippen LogP contribution in [-0.2, 0) is 0 Å². The number of halogens is 1. The van der Waals surface area contributed by atoms with Crippen LogP contribution in [0.4, 0.5) is 10.5 Å². The Kier molecular flexibility index (Phi) is 4.48. The molecule has 18 heavy (non-hydrogen) atoms. The van der Waals surface area contributed by atoms with E-state index in [1.807, 2.05) is 0 Å². The molecule has 98 valence electrons. The van der Waals surface area contributed by atoms with Crippen molar-refractivity contribution in [3.8, 4) is 0 Å². The fraction of sp³-hybridized carbons (Fsp3) is 0.500. The van der Waals surface area contributed by atoms with Crippen molar-refractivity contribution in [2.24, 2.45) is 5.92 Å². The van der Waals surface area contributed by atoms with E-state index in [-0.39, 0.29) is 6.03 Å². The molecule has 1 aliphatic carbocycles. The van der Waals surface area contributed by atoms with E-state index in [0.29, 0.717) is 17.0 Å². The smallest absolute Gasteiger partial charge is 0.319 e. The van der Waals surface area contributed by atoms with Gasteiger partial charge in [-0.25, -0.2) is 4.79 Å². The Morgan fingerprint density at radius 2 is 1.89 bits per heavy atom. The summed E-state index contributed by atoms with van der Waals surface area (Å²) in [7, 11) is 0. The Morgan fingerprint density at radius 3 is 2.56 bits per heavy atom. The fourth-order valence-electron chi connectivity index (χ4n) is 2.40. The molecule has 0 aromatic heterocycles. The Bertz CT molecular complexity index is 405. The van der Waals surface area contributed by atoms with Crippen LogP contribution >= 0.6 is 11.6 Å². The minimum atomic E-state index is -0.129. The van der Waals surface area contributed by atoms with Gasteiger partial charge in [-0.3, -0.25) is 0 Å². The molecule has 4 heteroatoms. The highest BCUT2D eigenvalue weighted by molar-refractivity contribution is 6.30. The van der Waals surface area contributed by atoms with Crippen molar-refractivity contribution in [2.45, 2.75) is 38.6 Å². The molecule has 2 amide bonds. The van der Waals surface area contributed by atoms with Gasteiger partial charge in [0.15, 0.2) is 0 Å². The molecule has 0 aliphatic heterocycles. The van der Waals surface area contributed by atoms with Crippen LogP contribution in [0, 0.1) is 5.92 Å². The van der Waals surface area contributed by atoms with Gasteiger partial charge in [0, 0.05) is 16.8 Å². The number of hydrogen-bond acceptors (Lipinski definition) is 1. The molecular formula is C14H19ClN2O. The summed E-state index contributed by atoms with van der Waals surface area (Å²) in [6, 6.07) is 7.29. The predicted octanol–water partition coefficient (Wildman–Crippen LogP) is 4.04. The third-order valence-electron chi connectivity index (χ3n) is 3.53. The minimum absolute atomic E-state index is 0.129. The number of urea groups is 1. The van der Waals surface area contributed by atoms with Crippen LogP contribution in [-0.4, -0.2) is 12.1 Å². The van der Waals surface area contributed by atoms with Gasteiger partial charge in [0.25, 0.3) is 0 Å². The van der Waals surface area contributed by atoms with Crippen molar-refractivity contribution in [3.05, 3.63) is 29.3 Å². The van der Waals surface area contributed by atoms with Crippen LogP contribution in [0.15, 0.2) is 24.3 Å². The standard InChI is InChI=1S/C14H19ClN2O/c1-10-4-2-3-5-13(10)17-14(18)16-12-8-6-11(15)7-9-12/h6-10,13H,2-5H2,1H3,(H2,16,17,18)/t10-,13-/m0/s1. The number of carbonyl (C=O) groups excluding carboxylic acids is 1. The van der Waals surface area contributed by atoms with Crippen molar-refractivity contribution < 1.29 is 4.79 Å². The second kappa shape index (κ2) is 6.10. The van der Waals surface area contributed by atoms with E-state index in [2.05, 4.69) is 17.6 Å². The molecule has 0 spiro atoms. The average Bonchev–Trinajstić information content (AvgIpc) is 2.35. The first-order chi connectivity index (χ1) is 8.65. The maximum Gasteiger partial charge on any atom is 0.319 e. The van der Waals surface area contributed by atoms with Gasteiger partial charge in [0.05, 0.1) is 0 Å². The van der Waals surface area contributed by atoms with Crippen LogP contribution in [0.2, 0.25) is 5.02 Å². The highest BCUT2D eigenvalue weighted by Crippen LogP contribution is 2.23. The van der Waals surface area contributed by atoms with Gasteiger partial charge in [0.2, 0.25) is 0 Å². The number of nitrogens with one attached hydrogen (secondary N) is 2. The molecule has 0 saturated heterocycles. The Balaban J connectivity index is 1.86. The molecule has 1 fully saturated rings. The van der Waals surface area contributed by atoms with Crippen LogP contribution in [0.3, 0.4) is 0 Å². The van der Waals surface area contributed by atoms with E-state index in [9.17, 15) is 4.79 Å². The molecular weight excluding hydrogens is 248 g/mol. The number of carbonyl (C=O) groups is 1. The van der Waals surface area contributed by atoms with Crippen molar-refractivity contribution >= 4 is 23.3 Å². The second-order valence-electron chi connectivity index (χ2n) is 4.97. The zero-order chi connectivity index (χ0) is 13.0. The summed E-state index contributed by atoms with van der Waals surface area (Å²) in [4.78, 5) is 11.9. The second-order valence-corrected chi connectivity index (χ2v) is 5.41. The van der Waals surface area contributed by atoms with Crippen LogP contribution in [0.5, 0.6) is 0 Å². The van der Waals surface area contributed by atoms with E-state index >= 15 is 0 Å². The number of hydrogen-bond donors (Lipinski definition) is 2. The van der Waals surface area contributed by atoms with Gasteiger partial charge < -0.3 is 10.6 Å². The normalized spacial score (nSPS) is 23.4. The first-order valence-electron chi connectivity index (χ1n) is 6.48. The van der Waals surface area contributed by atoms with Gasteiger partial charge in [0.1, 0.15) is 0 Å². The van der Waals surface area contributed by atoms with E-state index in [1.165, 1.54) is 19.3 Å². The maximum atomic E-state index is 11.9. The van der Waals surface area contributed by atoms with E-state index < -0.39 is 0 Å². The van der Waals surface area contributed by atoms with Crippen LogP contribution < -0.4 is 10.6 Å². The molecule has 0 heterocycles. The molecule has 3 nitrogen and oxygen atoms in total. The Hall–Kier alpha value is -1.22. The number of anilines is 1. The highest BCUT2D eigenvalue weighted by atomic mass is 35.5. The molecule has 1 aliphatic rings. The zero-order valence-corrected chi connectivity index (χ0v) is 11.3. The fourth-order valence-corrected chi connectivity index (χ4v) is 2.53. The lowest BCUT2D eigenvalue weighted by atomic mass is 9.86. The molecule has 1 saturated carbocycles. The molecule has 0 bridgehead atoms. The summed E-state index contributed by atoms with van der Waals surface area (Å²) in [5.41, 5.74) is 0.764. The first kappa shape index (κ1) is 13.2. The summed E-state index contributed by atoms with van der Waals surface area (Å²) in [5, 5.41) is 6.55. The topological polar surface area (TPSA) is 41.1 Å². The monoisotopic (exact) mass is 266 g/mol. The van der Waals surface area contributed by atoms with Gasteiger partial charge in [-0.15, -0.1) is 0 Å². The molecule has 1 aromatic rings. The zero-order valence-electron chi connectivity index (χ0n) is 10.6. The number of rotatable bonds is 2. The molecule has 2 rings (SSSR count). The minimum Gasteiger partial charge on any atom is -0.335 e. The molecule has 0 unspecified atom stereocenters. The molecule has 0 radical (unpaired) electrons. The molecule has 2 N–H and O–H groups in total. The first-order valence-corrected chi connectivity index (χ1v) is 6.86. The van der Waals surface area contributed by atoms with E-state index in [1.54, 1.807) is 24.3 Å². The summed E-state index contributed by atoms with van der Waals surface area (Å²) < 4.78 is 0. The Morgan fingerprint density at radius 1 is 1.22 bits per heavy atom. The summed E-state index contributed by atoms with van der Waals surface area (Å²) in [6.07, 6.45) is 4.76. The lowest BCUT2D eigenvalue weighted by Crippen LogP contribution is -2.43. The molecule has 2 atom stereocenters. The van der Waals surface area contributed by atoms with Gasteiger partial charge >= 0.3 is 6.03 Å². The van der Waals surface area contributed by atoms with Gasteiger partial charge in [-0.05, 0) is 43.0 Å². The van der Waals surface area contributed by atoms with Crippen molar-refractivity contribution in [1.29, 1.82) is 0 Å². The quantitative estimate of drug-likeness (QED) is 0.833. The third-order valence-corrected chi connectivity index (χ3v) is 3.78. The summed E-state index contributed by atoms with van der Waals surface area (Å²) in [5.74, 6) is 0.565. The van der Waals surface area contributed by atoms with Gasteiger partial charge in [-0.2, -0.15) is 0 Å². The third kappa shape index (κ3) is 3.64. The van der Waals surface area contributed by atoms with E-state index in [0.717, 1.165) is 12.1 Å². The largest absolute Gasteiger partial charge is 0.335 e. The van der Waals surface area contributed by atoms with Crippen molar-refractivity contribution in [3.63, 3.8) is 0 Å². The molecule has 1 aromatic carbocycles. The van der Waals surface area contributed by atoms with Crippen LogP contribution in [0.25, 0.3) is 0 Å². The number of amides is 2. The van der Waals surface area contributed by atoms with E-state index in [4.69, 9.17) is 11.6 Å².